The third-order valence-electron chi connectivity index (χ3n) is 7.05. The normalized spacial score (nSPS) is 33.8. The Bertz CT molecular complexity index is 693. The van der Waals surface area contributed by atoms with E-state index in [4.69, 9.17) is 0 Å². The van der Waals surface area contributed by atoms with Gasteiger partial charge in [0.1, 0.15) is 0 Å². The van der Waals surface area contributed by atoms with Crippen molar-refractivity contribution in [2.24, 2.45) is 16.7 Å². The smallest absolute Gasteiger partial charge is 0.175 e. The summed E-state index contributed by atoms with van der Waals surface area (Å²) in [6.45, 7) is 9.48. The Kier molecular flexibility index (Phi) is 3.92. The summed E-state index contributed by atoms with van der Waals surface area (Å²) in [7, 11) is -3.12. The number of hydrogen-bond acceptors (Lipinski definition) is 3. The van der Waals surface area contributed by atoms with E-state index in [1.54, 1.807) is 12.1 Å². The molecular formula is C19H29NO2S. The average Bonchev–Trinajstić information content (AvgIpc) is 2.80. The Morgan fingerprint density at radius 2 is 1.78 bits per heavy atom. The number of fused-ring (bicyclic) bond motifs is 2. The second-order valence-electron chi connectivity index (χ2n) is 8.39. The minimum absolute atomic E-state index is 0.237. The standard InChI is InChI=1S/C19H29NO2S/c1-13(14-6-8-16(9-7-14)23(5,21)22)20-17-12-15-10-11-19(17,4)18(15,2)3/h6-9,13,15,17,20H,10-12H2,1-5H3/t13-,15-,17-,19-/m1/s1. The molecule has 2 aliphatic rings. The van der Waals surface area contributed by atoms with Crippen LogP contribution in [-0.2, 0) is 9.84 Å². The first kappa shape index (κ1) is 17.0. The van der Waals surface area contributed by atoms with Crippen LogP contribution in [0.5, 0.6) is 0 Å². The Morgan fingerprint density at radius 1 is 1.17 bits per heavy atom. The van der Waals surface area contributed by atoms with Gasteiger partial charge < -0.3 is 5.32 Å². The fourth-order valence-corrected chi connectivity index (χ4v) is 5.49. The third-order valence-corrected chi connectivity index (χ3v) is 8.18. The lowest BCUT2D eigenvalue weighted by atomic mass is 9.69. The highest BCUT2D eigenvalue weighted by atomic mass is 32.2. The molecule has 2 fully saturated rings. The van der Waals surface area contributed by atoms with Gasteiger partial charge in [-0.2, -0.15) is 0 Å². The van der Waals surface area contributed by atoms with Crippen molar-refractivity contribution >= 4 is 9.84 Å². The maximum absolute atomic E-state index is 11.6. The lowest BCUT2D eigenvalue weighted by molar-refractivity contribution is 0.116. The molecule has 2 bridgehead atoms. The van der Waals surface area contributed by atoms with E-state index in [1.165, 1.54) is 25.5 Å². The molecule has 0 saturated heterocycles. The van der Waals surface area contributed by atoms with Gasteiger partial charge in [-0.25, -0.2) is 8.42 Å². The zero-order valence-corrected chi connectivity index (χ0v) is 15.7. The monoisotopic (exact) mass is 335 g/mol. The third kappa shape index (κ3) is 2.64. The van der Waals surface area contributed by atoms with Gasteiger partial charge in [0.15, 0.2) is 9.84 Å². The molecule has 0 aromatic heterocycles. The van der Waals surface area contributed by atoms with E-state index in [0.29, 0.717) is 21.8 Å². The summed E-state index contributed by atoms with van der Waals surface area (Å²) in [6, 6.07) is 8.09. The molecule has 0 spiro atoms. The second-order valence-corrected chi connectivity index (χ2v) is 10.4. The molecule has 1 aromatic carbocycles. The number of rotatable bonds is 4. The lowest BCUT2D eigenvalue weighted by Gasteiger charge is -2.40. The van der Waals surface area contributed by atoms with E-state index in [2.05, 4.69) is 33.0 Å². The molecule has 3 rings (SSSR count). The quantitative estimate of drug-likeness (QED) is 0.906. The van der Waals surface area contributed by atoms with E-state index in [-0.39, 0.29) is 6.04 Å². The van der Waals surface area contributed by atoms with E-state index in [1.807, 2.05) is 12.1 Å². The fraction of sp³-hybridized carbons (Fsp3) is 0.684. The molecule has 4 atom stereocenters. The summed E-state index contributed by atoms with van der Waals surface area (Å²) in [6.07, 6.45) is 5.18. The first-order valence-electron chi connectivity index (χ1n) is 8.62. The Balaban J connectivity index is 1.75. The highest BCUT2D eigenvalue weighted by Crippen LogP contribution is 2.65. The molecule has 0 radical (unpaired) electrons. The highest BCUT2D eigenvalue weighted by Gasteiger charge is 2.61. The summed E-state index contributed by atoms with van der Waals surface area (Å²) >= 11 is 0. The lowest BCUT2D eigenvalue weighted by Crippen LogP contribution is -2.45. The topological polar surface area (TPSA) is 46.2 Å². The summed E-state index contributed by atoms with van der Waals surface area (Å²) in [4.78, 5) is 0.390. The molecule has 0 heterocycles. The molecule has 3 nitrogen and oxygen atoms in total. The first-order valence-corrected chi connectivity index (χ1v) is 10.5. The maximum Gasteiger partial charge on any atom is 0.175 e. The number of sulfone groups is 1. The summed E-state index contributed by atoms with van der Waals surface area (Å²) in [5, 5.41) is 3.83. The van der Waals surface area contributed by atoms with Crippen LogP contribution in [0, 0.1) is 16.7 Å². The van der Waals surface area contributed by atoms with Gasteiger partial charge in [-0.05, 0) is 60.6 Å². The SMILES string of the molecule is C[C@@H](N[C@@H]1C[C@H]2CC[C@@]1(C)C2(C)C)c1ccc(S(C)(=O)=O)cc1. The van der Waals surface area contributed by atoms with Crippen LogP contribution in [0.2, 0.25) is 0 Å². The second kappa shape index (κ2) is 5.32. The van der Waals surface area contributed by atoms with Crippen molar-refractivity contribution in [3.8, 4) is 0 Å². The van der Waals surface area contributed by atoms with Crippen molar-refractivity contribution in [3.63, 3.8) is 0 Å². The minimum atomic E-state index is -3.12. The first-order chi connectivity index (χ1) is 10.6. The van der Waals surface area contributed by atoms with Gasteiger partial charge in [0.25, 0.3) is 0 Å². The zero-order valence-electron chi connectivity index (χ0n) is 14.9. The molecule has 2 saturated carbocycles. The van der Waals surface area contributed by atoms with Gasteiger partial charge >= 0.3 is 0 Å². The predicted octanol–water partition coefficient (Wildman–Crippen LogP) is 3.96. The van der Waals surface area contributed by atoms with Crippen molar-refractivity contribution in [2.75, 3.05) is 6.26 Å². The Hall–Kier alpha value is -0.870. The van der Waals surface area contributed by atoms with Crippen molar-refractivity contribution < 1.29 is 8.42 Å². The van der Waals surface area contributed by atoms with Crippen LogP contribution in [0.25, 0.3) is 0 Å². The number of hydrogen-bond donors (Lipinski definition) is 1. The van der Waals surface area contributed by atoms with E-state index >= 15 is 0 Å². The van der Waals surface area contributed by atoms with Crippen LogP contribution >= 0.6 is 0 Å². The minimum Gasteiger partial charge on any atom is -0.307 e. The fourth-order valence-electron chi connectivity index (χ4n) is 4.86. The van der Waals surface area contributed by atoms with E-state index in [9.17, 15) is 8.42 Å². The molecule has 2 aliphatic carbocycles. The molecule has 128 valence electrons. The molecule has 0 amide bonds. The average molecular weight is 336 g/mol. The van der Waals surface area contributed by atoms with Gasteiger partial charge in [-0.15, -0.1) is 0 Å². The van der Waals surface area contributed by atoms with Crippen molar-refractivity contribution in [1.82, 2.24) is 5.32 Å². The molecule has 1 N–H and O–H groups in total. The predicted molar refractivity (Wildman–Crippen MR) is 94.1 cm³/mol. The maximum atomic E-state index is 11.6. The van der Waals surface area contributed by atoms with Crippen LogP contribution in [-0.4, -0.2) is 20.7 Å². The van der Waals surface area contributed by atoms with Gasteiger partial charge in [-0.3, -0.25) is 0 Å². The Morgan fingerprint density at radius 3 is 2.22 bits per heavy atom. The summed E-state index contributed by atoms with van der Waals surface area (Å²) in [5.74, 6) is 0.824. The Labute approximate surface area is 140 Å². The van der Waals surface area contributed by atoms with Crippen molar-refractivity contribution in [3.05, 3.63) is 29.8 Å². The molecular weight excluding hydrogens is 306 g/mol. The number of nitrogens with one attached hydrogen (secondary N) is 1. The van der Waals surface area contributed by atoms with Crippen molar-refractivity contribution in [2.45, 2.75) is 63.9 Å². The van der Waals surface area contributed by atoms with Crippen LogP contribution in [0.15, 0.2) is 29.2 Å². The molecule has 0 aliphatic heterocycles. The molecule has 1 aromatic rings. The molecule has 4 heteroatoms. The van der Waals surface area contributed by atoms with Gasteiger partial charge in [0.2, 0.25) is 0 Å². The largest absolute Gasteiger partial charge is 0.307 e. The van der Waals surface area contributed by atoms with Crippen molar-refractivity contribution in [1.29, 1.82) is 0 Å². The van der Waals surface area contributed by atoms with Crippen LogP contribution in [0.4, 0.5) is 0 Å². The molecule has 23 heavy (non-hydrogen) atoms. The van der Waals surface area contributed by atoms with Crippen LogP contribution < -0.4 is 5.32 Å². The molecule has 0 unspecified atom stereocenters. The number of benzene rings is 1. The highest BCUT2D eigenvalue weighted by molar-refractivity contribution is 7.90. The van der Waals surface area contributed by atoms with E-state index < -0.39 is 9.84 Å². The van der Waals surface area contributed by atoms with Gasteiger partial charge in [0.05, 0.1) is 4.90 Å². The summed E-state index contributed by atoms with van der Waals surface area (Å²) < 4.78 is 23.2. The van der Waals surface area contributed by atoms with Gasteiger partial charge in [-0.1, -0.05) is 32.9 Å². The summed E-state index contributed by atoms with van der Waals surface area (Å²) in [5.41, 5.74) is 1.92. The van der Waals surface area contributed by atoms with E-state index in [0.717, 1.165) is 11.5 Å². The van der Waals surface area contributed by atoms with Crippen LogP contribution in [0.1, 0.15) is 58.6 Å². The zero-order chi connectivity index (χ0) is 17.0. The van der Waals surface area contributed by atoms with Gasteiger partial charge in [0, 0.05) is 18.3 Å². The van der Waals surface area contributed by atoms with Crippen LogP contribution in [0.3, 0.4) is 0 Å².